The molecule has 0 bridgehead atoms. The Hall–Kier alpha value is -1.67. The van der Waals surface area contributed by atoms with Gasteiger partial charge in [0.05, 0.1) is 6.04 Å². The van der Waals surface area contributed by atoms with Crippen LogP contribution in [0, 0.1) is 19.7 Å². The molecule has 1 N–H and O–H groups in total. The minimum absolute atomic E-state index is 0.0875. The summed E-state index contributed by atoms with van der Waals surface area (Å²) in [5.74, 6) is -0.139. The van der Waals surface area contributed by atoms with Gasteiger partial charge in [-0.05, 0) is 44.0 Å². The van der Waals surface area contributed by atoms with Crippen molar-refractivity contribution in [3.05, 3.63) is 70.5 Å². The monoisotopic (exact) mass is 271 g/mol. The number of halogens is 1. The molecule has 0 aliphatic carbocycles. The average Bonchev–Trinajstić information content (AvgIpc) is 2.41. The largest absolute Gasteiger partial charge is 0.306 e. The highest BCUT2D eigenvalue weighted by atomic mass is 19.1. The van der Waals surface area contributed by atoms with Crippen LogP contribution in [-0.4, -0.2) is 6.54 Å². The molecule has 1 nitrogen and oxygen atoms in total. The van der Waals surface area contributed by atoms with Crippen molar-refractivity contribution in [2.45, 2.75) is 33.2 Å². The molecular formula is C18H22FN. The van der Waals surface area contributed by atoms with E-state index in [1.807, 2.05) is 25.1 Å². The molecule has 0 aromatic heterocycles. The van der Waals surface area contributed by atoms with Crippen LogP contribution in [0.1, 0.15) is 41.6 Å². The first-order valence-corrected chi connectivity index (χ1v) is 7.18. The van der Waals surface area contributed by atoms with E-state index >= 15 is 0 Å². The molecule has 2 aromatic carbocycles. The van der Waals surface area contributed by atoms with Crippen molar-refractivity contribution in [2.75, 3.05) is 6.54 Å². The van der Waals surface area contributed by atoms with Gasteiger partial charge in [0.15, 0.2) is 0 Å². The smallest absolute Gasteiger partial charge is 0.128 e. The van der Waals surface area contributed by atoms with Crippen LogP contribution < -0.4 is 5.32 Å². The zero-order valence-corrected chi connectivity index (χ0v) is 12.4. The van der Waals surface area contributed by atoms with Crippen molar-refractivity contribution in [3.8, 4) is 0 Å². The van der Waals surface area contributed by atoms with Crippen LogP contribution >= 0.6 is 0 Å². The quantitative estimate of drug-likeness (QED) is 0.842. The fourth-order valence-electron chi connectivity index (χ4n) is 2.41. The van der Waals surface area contributed by atoms with Gasteiger partial charge in [-0.15, -0.1) is 0 Å². The van der Waals surface area contributed by atoms with E-state index in [0.29, 0.717) is 0 Å². The third-order valence-electron chi connectivity index (χ3n) is 3.44. The Kier molecular flexibility index (Phi) is 4.91. The Labute approximate surface area is 120 Å². The van der Waals surface area contributed by atoms with Crippen LogP contribution in [0.3, 0.4) is 0 Å². The number of aryl methyl sites for hydroxylation is 2. The first-order valence-electron chi connectivity index (χ1n) is 7.18. The number of hydrogen-bond donors (Lipinski definition) is 1. The third kappa shape index (κ3) is 3.45. The fraction of sp³-hybridized carbons (Fsp3) is 0.333. The van der Waals surface area contributed by atoms with Gasteiger partial charge in [0.25, 0.3) is 0 Å². The third-order valence-corrected chi connectivity index (χ3v) is 3.44. The number of nitrogens with one attached hydrogen (secondary N) is 1. The van der Waals surface area contributed by atoms with E-state index in [2.05, 4.69) is 37.4 Å². The van der Waals surface area contributed by atoms with Crippen LogP contribution in [0.4, 0.5) is 4.39 Å². The minimum atomic E-state index is -0.139. The predicted octanol–water partition coefficient (Wildman–Crippen LogP) is 4.53. The van der Waals surface area contributed by atoms with Crippen molar-refractivity contribution in [3.63, 3.8) is 0 Å². The lowest BCUT2D eigenvalue weighted by molar-refractivity contribution is 0.546. The van der Waals surface area contributed by atoms with Crippen molar-refractivity contribution >= 4 is 0 Å². The van der Waals surface area contributed by atoms with Gasteiger partial charge in [0, 0.05) is 5.56 Å². The molecule has 0 radical (unpaired) electrons. The molecule has 0 aliphatic heterocycles. The van der Waals surface area contributed by atoms with Gasteiger partial charge in [-0.1, -0.05) is 48.9 Å². The highest BCUT2D eigenvalue weighted by Gasteiger charge is 2.17. The Morgan fingerprint density at radius 3 is 2.45 bits per heavy atom. The molecule has 0 heterocycles. The van der Waals surface area contributed by atoms with Crippen molar-refractivity contribution < 1.29 is 4.39 Å². The fourth-order valence-corrected chi connectivity index (χ4v) is 2.41. The molecule has 0 amide bonds. The Morgan fingerprint density at radius 2 is 1.80 bits per heavy atom. The summed E-state index contributed by atoms with van der Waals surface area (Å²) in [5, 5.41) is 3.45. The first-order chi connectivity index (χ1) is 9.61. The summed E-state index contributed by atoms with van der Waals surface area (Å²) in [4.78, 5) is 0. The Bertz CT molecular complexity index is 577. The molecule has 0 saturated carbocycles. The summed E-state index contributed by atoms with van der Waals surface area (Å²) < 4.78 is 14.3. The van der Waals surface area contributed by atoms with Crippen molar-refractivity contribution in [2.24, 2.45) is 0 Å². The highest BCUT2D eigenvalue weighted by Crippen LogP contribution is 2.25. The summed E-state index contributed by atoms with van der Waals surface area (Å²) in [6.45, 7) is 6.96. The highest BCUT2D eigenvalue weighted by molar-refractivity contribution is 5.36. The zero-order chi connectivity index (χ0) is 14.5. The average molecular weight is 271 g/mol. The number of benzene rings is 2. The lowest BCUT2D eigenvalue weighted by Gasteiger charge is -2.21. The first kappa shape index (κ1) is 14.7. The van der Waals surface area contributed by atoms with Gasteiger partial charge in [0.2, 0.25) is 0 Å². The van der Waals surface area contributed by atoms with Crippen LogP contribution in [0.2, 0.25) is 0 Å². The summed E-state index contributed by atoms with van der Waals surface area (Å²) in [6.07, 6.45) is 1.02. The molecule has 2 rings (SSSR count). The Morgan fingerprint density at radius 1 is 1.05 bits per heavy atom. The minimum Gasteiger partial charge on any atom is -0.306 e. The van der Waals surface area contributed by atoms with Crippen LogP contribution in [0.15, 0.2) is 42.5 Å². The molecular weight excluding hydrogens is 249 g/mol. The predicted molar refractivity (Wildman–Crippen MR) is 82.5 cm³/mol. The van der Waals surface area contributed by atoms with E-state index in [1.165, 1.54) is 5.56 Å². The van der Waals surface area contributed by atoms with Crippen molar-refractivity contribution in [1.29, 1.82) is 0 Å². The molecule has 106 valence electrons. The second-order valence-corrected chi connectivity index (χ2v) is 5.33. The van der Waals surface area contributed by atoms with Crippen molar-refractivity contribution in [1.82, 2.24) is 5.32 Å². The normalized spacial score (nSPS) is 12.4. The second kappa shape index (κ2) is 6.67. The van der Waals surface area contributed by atoms with E-state index in [0.717, 1.165) is 29.7 Å². The lowest BCUT2D eigenvalue weighted by Crippen LogP contribution is -2.24. The van der Waals surface area contributed by atoms with Crippen LogP contribution in [0.5, 0.6) is 0 Å². The second-order valence-electron chi connectivity index (χ2n) is 5.33. The van der Waals surface area contributed by atoms with E-state index in [9.17, 15) is 4.39 Å². The van der Waals surface area contributed by atoms with Gasteiger partial charge in [0.1, 0.15) is 5.82 Å². The van der Waals surface area contributed by atoms with E-state index < -0.39 is 0 Å². The number of hydrogen-bond acceptors (Lipinski definition) is 1. The molecule has 1 atom stereocenters. The van der Waals surface area contributed by atoms with E-state index in [-0.39, 0.29) is 11.9 Å². The molecule has 0 saturated heterocycles. The summed E-state index contributed by atoms with van der Waals surface area (Å²) in [6, 6.07) is 13.6. The maximum absolute atomic E-state index is 14.3. The summed E-state index contributed by atoms with van der Waals surface area (Å²) in [5.41, 5.74) is 3.97. The molecule has 0 spiro atoms. The summed E-state index contributed by atoms with van der Waals surface area (Å²) in [7, 11) is 0. The maximum Gasteiger partial charge on any atom is 0.128 e. The van der Waals surface area contributed by atoms with Crippen LogP contribution in [0.25, 0.3) is 0 Å². The van der Waals surface area contributed by atoms with Gasteiger partial charge in [-0.25, -0.2) is 4.39 Å². The van der Waals surface area contributed by atoms with Gasteiger partial charge in [-0.3, -0.25) is 0 Å². The van der Waals surface area contributed by atoms with Gasteiger partial charge < -0.3 is 5.32 Å². The zero-order valence-electron chi connectivity index (χ0n) is 12.4. The van der Waals surface area contributed by atoms with Crippen LogP contribution in [-0.2, 0) is 0 Å². The molecule has 0 aliphatic rings. The molecule has 20 heavy (non-hydrogen) atoms. The SMILES string of the molecule is CCCNC(c1cccc(C)c1)c1ccc(C)cc1F. The van der Waals surface area contributed by atoms with E-state index in [1.54, 1.807) is 6.07 Å². The molecule has 2 aromatic rings. The topological polar surface area (TPSA) is 12.0 Å². The maximum atomic E-state index is 14.3. The lowest BCUT2D eigenvalue weighted by atomic mass is 9.96. The van der Waals surface area contributed by atoms with Gasteiger partial charge in [-0.2, -0.15) is 0 Å². The van der Waals surface area contributed by atoms with Gasteiger partial charge >= 0.3 is 0 Å². The molecule has 0 fully saturated rings. The molecule has 2 heteroatoms. The summed E-state index contributed by atoms with van der Waals surface area (Å²) >= 11 is 0. The Balaban J connectivity index is 2.41. The molecule has 1 unspecified atom stereocenters. The standard InChI is InChI=1S/C18H22FN/c1-4-10-20-18(15-7-5-6-13(2)11-15)16-9-8-14(3)12-17(16)19/h5-9,11-12,18,20H,4,10H2,1-3H3. The number of rotatable bonds is 5. The van der Waals surface area contributed by atoms with E-state index in [4.69, 9.17) is 0 Å².